The summed E-state index contributed by atoms with van der Waals surface area (Å²) in [4.78, 5) is 36.6. The maximum atomic E-state index is 12.7. The Morgan fingerprint density at radius 2 is 1.77 bits per heavy atom. The Hall–Kier alpha value is -3.41. The molecule has 0 spiro atoms. The maximum Gasteiger partial charge on any atom is 0.261 e. The van der Waals surface area contributed by atoms with Crippen LogP contribution < -0.4 is 15.5 Å². The number of ether oxygens (including phenoxy) is 1. The molecular formula is C20H18N2O4. The number of nitrogens with zero attached hydrogens (tertiary/aromatic N) is 1. The fourth-order valence-corrected chi connectivity index (χ4v) is 2.75. The third kappa shape index (κ3) is 3.21. The van der Waals surface area contributed by atoms with Crippen molar-refractivity contribution in [2.24, 2.45) is 7.05 Å². The number of amides is 1. The summed E-state index contributed by atoms with van der Waals surface area (Å²) in [7, 11) is 3.29. The Morgan fingerprint density at radius 3 is 2.38 bits per heavy atom. The topological polar surface area (TPSA) is 77.4 Å². The number of Topliss-reactive ketones (excluding diaryl/α,β-unsaturated/α-hetero) is 1. The number of carbonyl (C=O) groups excluding carboxylic acids is 2. The highest BCUT2D eigenvalue weighted by atomic mass is 16.5. The summed E-state index contributed by atoms with van der Waals surface area (Å²) in [6.45, 7) is 1.47. The van der Waals surface area contributed by atoms with Crippen LogP contribution in [0.4, 0.5) is 5.69 Å². The molecule has 3 aromatic rings. The largest absolute Gasteiger partial charge is 0.497 e. The average molecular weight is 350 g/mol. The smallest absolute Gasteiger partial charge is 0.261 e. The van der Waals surface area contributed by atoms with Gasteiger partial charge in [-0.05, 0) is 49.4 Å². The van der Waals surface area contributed by atoms with E-state index in [0.29, 0.717) is 27.9 Å². The predicted molar refractivity (Wildman–Crippen MR) is 100 cm³/mol. The minimum absolute atomic E-state index is 0.0314. The summed E-state index contributed by atoms with van der Waals surface area (Å²) in [5.41, 5.74) is 1.43. The van der Waals surface area contributed by atoms with Crippen LogP contribution in [-0.4, -0.2) is 23.4 Å². The van der Waals surface area contributed by atoms with Gasteiger partial charge in [-0.25, -0.2) is 0 Å². The molecule has 2 aromatic carbocycles. The molecule has 6 nitrogen and oxygen atoms in total. The van der Waals surface area contributed by atoms with E-state index in [2.05, 4.69) is 5.32 Å². The van der Waals surface area contributed by atoms with E-state index in [-0.39, 0.29) is 16.8 Å². The number of anilines is 1. The quantitative estimate of drug-likeness (QED) is 0.734. The molecule has 1 heterocycles. The van der Waals surface area contributed by atoms with Crippen molar-refractivity contribution in [3.63, 3.8) is 0 Å². The second-order valence-corrected chi connectivity index (χ2v) is 5.95. The molecule has 0 fully saturated rings. The maximum absolute atomic E-state index is 12.7. The molecule has 0 saturated heterocycles. The molecule has 6 heteroatoms. The van der Waals surface area contributed by atoms with E-state index in [9.17, 15) is 14.4 Å². The fourth-order valence-electron chi connectivity index (χ4n) is 2.75. The number of ketones is 1. The van der Waals surface area contributed by atoms with E-state index < -0.39 is 5.91 Å². The van der Waals surface area contributed by atoms with E-state index in [0.717, 1.165) is 0 Å². The molecule has 0 aliphatic rings. The monoisotopic (exact) mass is 350 g/mol. The van der Waals surface area contributed by atoms with E-state index in [1.165, 1.54) is 20.2 Å². The number of hydrogen-bond donors (Lipinski definition) is 1. The van der Waals surface area contributed by atoms with Gasteiger partial charge in [0.25, 0.3) is 5.91 Å². The zero-order chi connectivity index (χ0) is 18.8. The van der Waals surface area contributed by atoms with Crippen LogP contribution in [-0.2, 0) is 7.05 Å². The van der Waals surface area contributed by atoms with Crippen LogP contribution in [0.25, 0.3) is 10.9 Å². The number of rotatable bonds is 4. The van der Waals surface area contributed by atoms with Crippen molar-refractivity contribution in [2.45, 2.75) is 6.92 Å². The predicted octanol–water partition coefficient (Wildman–Crippen LogP) is 3.00. The Bertz CT molecular complexity index is 1070. The second-order valence-electron chi connectivity index (χ2n) is 5.95. The highest BCUT2D eigenvalue weighted by Crippen LogP contribution is 2.19. The molecule has 0 unspecified atom stereocenters. The first kappa shape index (κ1) is 17.4. The van der Waals surface area contributed by atoms with Crippen LogP contribution >= 0.6 is 0 Å². The standard InChI is InChI=1S/C20H18N2O4/c1-12(23)13-4-6-14(7-5-13)21-20(25)17-11-22(2)18-9-8-15(26-3)10-16(18)19(17)24/h4-11H,1-3H3,(H,21,25). The van der Waals surface area contributed by atoms with E-state index in [1.807, 2.05) is 0 Å². The van der Waals surface area contributed by atoms with Gasteiger partial charge in [-0.3, -0.25) is 14.4 Å². The number of pyridine rings is 1. The number of aromatic nitrogens is 1. The minimum atomic E-state index is -0.508. The van der Waals surface area contributed by atoms with Crippen molar-refractivity contribution in [3.8, 4) is 5.75 Å². The van der Waals surface area contributed by atoms with Crippen LogP contribution in [0.1, 0.15) is 27.6 Å². The van der Waals surface area contributed by atoms with Gasteiger partial charge in [-0.2, -0.15) is 0 Å². The third-order valence-electron chi connectivity index (χ3n) is 4.19. The molecule has 1 aromatic heterocycles. The van der Waals surface area contributed by atoms with Crippen molar-refractivity contribution < 1.29 is 14.3 Å². The number of nitrogens with one attached hydrogen (secondary N) is 1. The molecule has 0 bridgehead atoms. The summed E-state index contributed by atoms with van der Waals surface area (Å²) >= 11 is 0. The highest BCUT2D eigenvalue weighted by Gasteiger charge is 2.15. The molecule has 132 valence electrons. The summed E-state index contributed by atoms with van der Waals surface area (Å²) < 4.78 is 6.89. The highest BCUT2D eigenvalue weighted by molar-refractivity contribution is 6.06. The van der Waals surface area contributed by atoms with Gasteiger partial charge < -0.3 is 14.6 Å². The van der Waals surface area contributed by atoms with Crippen LogP contribution in [0.2, 0.25) is 0 Å². The molecule has 0 aliphatic heterocycles. The second kappa shape index (κ2) is 6.84. The van der Waals surface area contributed by atoms with Gasteiger partial charge >= 0.3 is 0 Å². The van der Waals surface area contributed by atoms with Crippen LogP contribution in [0.3, 0.4) is 0 Å². The SMILES string of the molecule is COc1ccc2c(c1)c(=O)c(C(=O)Nc1ccc(C(C)=O)cc1)cn2C. The van der Waals surface area contributed by atoms with Crippen molar-refractivity contribution >= 4 is 28.3 Å². The summed E-state index contributed by atoms with van der Waals surface area (Å²) in [5.74, 6) is -0.0157. The summed E-state index contributed by atoms with van der Waals surface area (Å²) in [6.07, 6.45) is 1.51. The van der Waals surface area contributed by atoms with Crippen LogP contribution in [0, 0.1) is 0 Å². The summed E-state index contributed by atoms with van der Waals surface area (Å²) in [6, 6.07) is 11.7. The zero-order valence-electron chi connectivity index (χ0n) is 14.7. The lowest BCUT2D eigenvalue weighted by atomic mass is 10.1. The number of carbonyl (C=O) groups is 2. The molecule has 1 amide bonds. The number of hydrogen-bond acceptors (Lipinski definition) is 4. The van der Waals surface area contributed by atoms with Gasteiger partial charge in [0, 0.05) is 24.5 Å². The average Bonchev–Trinajstić information content (AvgIpc) is 2.64. The molecule has 0 aliphatic carbocycles. The zero-order valence-corrected chi connectivity index (χ0v) is 14.7. The lowest BCUT2D eigenvalue weighted by Gasteiger charge is -2.11. The van der Waals surface area contributed by atoms with Crippen LogP contribution in [0.5, 0.6) is 5.75 Å². The first-order valence-corrected chi connectivity index (χ1v) is 8.00. The third-order valence-corrected chi connectivity index (χ3v) is 4.19. The first-order chi connectivity index (χ1) is 12.4. The molecule has 3 rings (SSSR count). The van der Waals surface area contributed by atoms with Gasteiger partial charge in [0.05, 0.1) is 18.0 Å². The van der Waals surface area contributed by atoms with Crippen molar-refractivity contribution in [1.82, 2.24) is 4.57 Å². The Morgan fingerprint density at radius 1 is 1.08 bits per heavy atom. The summed E-state index contributed by atoms with van der Waals surface area (Å²) in [5, 5.41) is 3.10. The molecule has 0 saturated carbocycles. The van der Waals surface area contributed by atoms with Crippen molar-refractivity contribution in [2.75, 3.05) is 12.4 Å². The number of methoxy groups -OCH3 is 1. The van der Waals surface area contributed by atoms with E-state index >= 15 is 0 Å². The lowest BCUT2D eigenvalue weighted by molar-refractivity contribution is 0.101. The molecule has 0 atom stereocenters. The number of benzene rings is 2. The fraction of sp³-hybridized carbons (Fsp3) is 0.150. The van der Waals surface area contributed by atoms with Crippen molar-refractivity contribution in [3.05, 3.63) is 70.0 Å². The van der Waals surface area contributed by atoms with Gasteiger partial charge in [-0.15, -0.1) is 0 Å². The number of aryl methyl sites for hydroxylation is 1. The molecule has 26 heavy (non-hydrogen) atoms. The minimum Gasteiger partial charge on any atom is -0.497 e. The Balaban J connectivity index is 1.98. The van der Waals surface area contributed by atoms with Gasteiger partial charge in [0.15, 0.2) is 5.78 Å². The first-order valence-electron chi connectivity index (χ1n) is 8.00. The Kier molecular flexibility index (Phi) is 4.58. The van der Waals surface area contributed by atoms with Crippen LogP contribution in [0.15, 0.2) is 53.5 Å². The normalized spacial score (nSPS) is 10.6. The van der Waals surface area contributed by atoms with Gasteiger partial charge in [0.1, 0.15) is 11.3 Å². The number of fused-ring (bicyclic) bond motifs is 1. The van der Waals surface area contributed by atoms with E-state index in [1.54, 1.807) is 54.1 Å². The molecule has 0 radical (unpaired) electrons. The molecular weight excluding hydrogens is 332 g/mol. The lowest BCUT2D eigenvalue weighted by Crippen LogP contribution is -2.23. The van der Waals surface area contributed by atoms with Gasteiger partial charge in [-0.1, -0.05) is 0 Å². The van der Waals surface area contributed by atoms with Gasteiger partial charge in [0.2, 0.25) is 5.43 Å². The molecule has 1 N–H and O–H groups in total. The van der Waals surface area contributed by atoms with Crippen molar-refractivity contribution in [1.29, 1.82) is 0 Å². The van der Waals surface area contributed by atoms with E-state index in [4.69, 9.17) is 4.74 Å². The Labute approximate surface area is 150 Å².